The summed E-state index contributed by atoms with van der Waals surface area (Å²) in [4.78, 5) is 26.1. The number of nitrogens with one attached hydrogen (secondary N) is 1. The smallest absolute Gasteiger partial charge is 0.415 e. The second kappa shape index (κ2) is 13.5. The Morgan fingerprint density at radius 1 is 0.956 bits per heavy atom. The van der Waals surface area contributed by atoms with Crippen LogP contribution in [0.25, 0.3) is 10.9 Å². The van der Waals surface area contributed by atoms with E-state index in [1.165, 1.54) is 23.9 Å². The third kappa shape index (κ3) is 7.00. The van der Waals surface area contributed by atoms with Crippen LogP contribution in [0.15, 0.2) is 105 Å². The highest BCUT2D eigenvalue weighted by Crippen LogP contribution is 2.28. The minimum Gasteiger partial charge on any atom is -0.453 e. The van der Waals surface area contributed by atoms with Crippen LogP contribution in [0.5, 0.6) is 5.88 Å². The molecule has 2 aromatic heterocycles. The lowest BCUT2D eigenvalue weighted by atomic mass is 10.2. The summed E-state index contributed by atoms with van der Waals surface area (Å²) in [6, 6.07) is 25.0. The van der Waals surface area contributed by atoms with Gasteiger partial charge in [-0.1, -0.05) is 60.3 Å². The van der Waals surface area contributed by atoms with Crippen molar-refractivity contribution in [3.63, 3.8) is 0 Å². The van der Waals surface area contributed by atoms with Gasteiger partial charge in [0.15, 0.2) is 5.16 Å². The number of thioether (sulfide) groups is 1. The van der Waals surface area contributed by atoms with E-state index in [0.29, 0.717) is 43.7 Å². The summed E-state index contributed by atoms with van der Waals surface area (Å²) >= 11 is 1.30. The average molecular weight is 648 g/mol. The van der Waals surface area contributed by atoms with Crippen molar-refractivity contribution >= 4 is 49.9 Å². The SMILES string of the molecule is O=C(CSc1nc(Nc2ccccc2)c2ccccc2n1)N1CCN(CCOc2no[n+]([O-])c2S(=O)(=O)c2ccccc2)CC1. The van der Waals surface area contributed by atoms with Crippen LogP contribution < -0.4 is 15.0 Å². The molecule has 232 valence electrons. The molecule has 1 aliphatic rings. The number of para-hydroxylation sites is 2. The first-order valence-corrected chi connectivity index (χ1v) is 16.6. The van der Waals surface area contributed by atoms with Gasteiger partial charge in [-0.25, -0.2) is 18.4 Å². The molecule has 1 N–H and O–H groups in total. The minimum absolute atomic E-state index is 0.0106. The lowest BCUT2D eigenvalue weighted by Crippen LogP contribution is -2.50. The second-order valence-electron chi connectivity index (χ2n) is 10.1. The molecule has 0 spiro atoms. The van der Waals surface area contributed by atoms with E-state index in [1.54, 1.807) is 23.1 Å². The van der Waals surface area contributed by atoms with Crippen molar-refractivity contribution in [1.82, 2.24) is 24.9 Å². The Labute approximate surface area is 263 Å². The van der Waals surface area contributed by atoms with Gasteiger partial charge in [0.25, 0.3) is 9.84 Å². The molecular weight excluding hydrogens is 619 g/mol. The minimum atomic E-state index is -4.19. The van der Waals surface area contributed by atoms with Crippen LogP contribution in [0.2, 0.25) is 0 Å². The lowest BCUT2D eigenvalue weighted by molar-refractivity contribution is -0.832. The molecule has 13 nitrogen and oxygen atoms in total. The van der Waals surface area contributed by atoms with Crippen molar-refractivity contribution in [2.75, 3.05) is 50.4 Å². The molecule has 5 aromatic rings. The molecule has 45 heavy (non-hydrogen) atoms. The number of piperazine rings is 1. The molecule has 6 rings (SSSR count). The first-order chi connectivity index (χ1) is 21.9. The van der Waals surface area contributed by atoms with Gasteiger partial charge in [0.1, 0.15) is 12.4 Å². The number of ether oxygens (including phenoxy) is 1. The Bertz CT molecular complexity index is 1880. The molecule has 15 heteroatoms. The van der Waals surface area contributed by atoms with Gasteiger partial charge in [-0.05, 0) is 41.3 Å². The number of benzene rings is 3. The molecular formula is C30H29N7O6S2. The van der Waals surface area contributed by atoms with Crippen LogP contribution in [0.4, 0.5) is 11.5 Å². The maximum atomic E-state index is 13.1. The summed E-state index contributed by atoms with van der Waals surface area (Å²) in [6.45, 7) is 2.77. The third-order valence-electron chi connectivity index (χ3n) is 7.17. The summed E-state index contributed by atoms with van der Waals surface area (Å²) < 4.78 is 36.0. The standard InChI is InChI=1S/C30H29N7O6S2/c38-26(21-44-30-32-25-14-8-7-13-24(25)27(33-30)31-22-9-3-1-4-10-22)36-17-15-35(16-18-36)19-20-42-28-29(37(39)43-34-28)45(40,41)23-11-5-2-6-12-23/h1-14H,15-21H2,(H,31,32,33). The second-order valence-corrected chi connectivity index (χ2v) is 12.9. The van der Waals surface area contributed by atoms with E-state index < -0.39 is 20.7 Å². The van der Waals surface area contributed by atoms with Gasteiger partial charge in [-0.15, -0.1) is 0 Å². The van der Waals surface area contributed by atoms with E-state index in [4.69, 9.17) is 9.72 Å². The Hall–Kier alpha value is -4.73. The molecule has 1 fully saturated rings. The number of fused-ring (bicyclic) bond motifs is 1. The summed E-state index contributed by atoms with van der Waals surface area (Å²) in [5.74, 6) is 0.478. The van der Waals surface area contributed by atoms with Crippen molar-refractivity contribution in [1.29, 1.82) is 0 Å². The number of carbonyl (C=O) groups excluding carboxylic acids is 1. The summed E-state index contributed by atoms with van der Waals surface area (Å²) in [7, 11) is -4.19. The first kappa shape index (κ1) is 30.3. The van der Waals surface area contributed by atoms with Gasteiger partial charge in [0.05, 0.1) is 21.3 Å². The van der Waals surface area contributed by atoms with E-state index in [0.717, 1.165) is 16.6 Å². The molecule has 0 bridgehead atoms. The zero-order valence-electron chi connectivity index (χ0n) is 24.0. The van der Waals surface area contributed by atoms with Gasteiger partial charge in [-0.2, -0.15) is 0 Å². The predicted octanol–water partition coefficient (Wildman–Crippen LogP) is 3.14. The van der Waals surface area contributed by atoms with Crippen molar-refractivity contribution in [3.8, 4) is 5.88 Å². The highest BCUT2D eigenvalue weighted by atomic mass is 32.2. The van der Waals surface area contributed by atoms with Crippen molar-refractivity contribution in [2.24, 2.45) is 0 Å². The topological polar surface area (TPSA) is 158 Å². The van der Waals surface area contributed by atoms with Crippen LogP contribution in [-0.4, -0.2) is 84.3 Å². The zero-order chi connectivity index (χ0) is 31.2. The van der Waals surface area contributed by atoms with Crippen LogP contribution in [-0.2, 0) is 14.6 Å². The normalized spacial score (nSPS) is 14.0. The molecule has 0 atom stereocenters. The fraction of sp³-hybridized carbons (Fsp3) is 0.233. The Balaban J connectivity index is 1.00. The predicted molar refractivity (Wildman–Crippen MR) is 166 cm³/mol. The number of anilines is 2. The number of hydrogen-bond acceptors (Lipinski definition) is 12. The molecule has 0 saturated carbocycles. The van der Waals surface area contributed by atoms with E-state index in [1.807, 2.05) is 54.6 Å². The first-order valence-electron chi connectivity index (χ1n) is 14.1. The number of sulfone groups is 1. The molecule has 0 radical (unpaired) electrons. The zero-order valence-corrected chi connectivity index (χ0v) is 25.6. The molecule has 0 unspecified atom stereocenters. The van der Waals surface area contributed by atoms with Crippen molar-refractivity contribution in [2.45, 2.75) is 15.1 Å². The molecule has 3 aromatic carbocycles. The molecule has 1 amide bonds. The number of rotatable bonds is 11. The Kier molecular flexibility index (Phi) is 9.09. The quantitative estimate of drug-likeness (QED) is 0.127. The monoisotopic (exact) mass is 647 g/mol. The number of hydrogen-bond donors (Lipinski definition) is 1. The molecule has 1 saturated heterocycles. The van der Waals surface area contributed by atoms with Gasteiger partial charge < -0.3 is 20.2 Å². The molecule has 3 heterocycles. The van der Waals surface area contributed by atoms with Crippen molar-refractivity contribution < 1.29 is 27.5 Å². The fourth-order valence-electron chi connectivity index (χ4n) is 4.82. The molecule has 1 aliphatic heterocycles. The van der Waals surface area contributed by atoms with Crippen LogP contribution in [0.1, 0.15) is 0 Å². The largest absolute Gasteiger partial charge is 0.453 e. The van der Waals surface area contributed by atoms with Gasteiger partial charge in [0, 0.05) is 43.8 Å². The number of nitrogens with zero attached hydrogens (tertiary/aromatic N) is 6. The third-order valence-corrected chi connectivity index (χ3v) is 9.73. The van der Waals surface area contributed by atoms with Gasteiger partial charge >= 0.3 is 10.9 Å². The fourth-order valence-corrected chi connectivity index (χ4v) is 6.87. The Morgan fingerprint density at radius 2 is 1.64 bits per heavy atom. The number of aromatic nitrogens is 4. The van der Waals surface area contributed by atoms with Gasteiger partial charge in [-0.3, -0.25) is 14.3 Å². The van der Waals surface area contributed by atoms with Gasteiger partial charge in [0.2, 0.25) is 5.91 Å². The lowest BCUT2D eigenvalue weighted by Gasteiger charge is -2.34. The average Bonchev–Trinajstić information content (AvgIpc) is 3.45. The van der Waals surface area contributed by atoms with Crippen LogP contribution in [0, 0.1) is 5.21 Å². The number of carbonyl (C=O) groups is 1. The van der Waals surface area contributed by atoms with E-state index >= 15 is 0 Å². The van der Waals surface area contributed by atoms with Crippen molar-refractivity contribution in [3.05, 3.63) is 90.1 Å². The number of amides is 1. The van der Waals surface area contributed by atoms with E-state index in [-0.39, 0.29) is 28.1 Å². The van der Waals surface area contributed by atoms with Crippen LogP contribution in [0.3, 0.4) is 0 Å². The maximum absolute atomic E-state index is 13.1. The highest BCUT2D eigenvalue weighted by molar-refractivity contribution is 7.99. The van der Waals surface area contributed by atoms with E-state index in [2.05, 4.69) is 25.0 Å². The van der Waals surface area contributed by atoms with E-state index in [9.17, 15) is 18.4 Å². The highest BCUT2D eigenvalue weighted by Gasteiger charge is 2.36. The maximum Gasteiger partial charge on any atom is 0.415 e. The summed E-state index contributed by atoms with van der Waals surface area (Å²) in [6.07, 6.45) is 0. The van der Waals surface area contributed by atoms with Crippen LogP contribution >= 0.6 is 11.8 Å². The summed E-state index contributed by atoms with van der Waals surface area (Å²) in [5.41, 5.74) is 1.70. The Morgan fingerprint density at radius 3 is 2.40 bits per heavy atom. The molecule has 0 aliphatic carbocycles. The summed E-state index contributed by atoms with van der Waals surface area (Å²) in [5, 5.41) is 19.7.